The van der Waals surface area contributed by atoms with Crippen molar-refractivity contribution >= 4 is 16.7 Å². The molecule has 5 nitrogen and oxygen atoms in total. The van der Waals surface area contributed by atoms with E-state index in [1.807, 2.05) is 12.1 Å². The minimum atomic E-state index is 0.136. The van der Waals surface area contributed by atoms with Crippen molar-refractivity contribution in [2.45, 2.75) is 26.2 Å². The van der Waals surface area contributed by atoms with Gasteiger partial charge >= 0.3 is 0 Å². The van der Waals surface area contributed by atoms with Gasteiger partial charge in [-0.25, -0.2) is 9.97 Å². The number of aromatic nitrogens is 2. The summed E-state index contributed by atoms with van der Waals surface area (Å²) < 4.78 is 5.45. The van der Waals surface area contributed by atoms with Crippen LogP contribution in [-0.2, 0) is 10.2 Å². The van der Waals surface area contributed by atoms with Crippen molar-refractivity contribution in [1.29, 1.82) is 0 Å². The van der Waals surface area contributed by atoms with Crippen LogP contribution in [0.3, 0.4) is 0 Å². The first-order valence-electron chi connectivity index (χ1n) is 10.5. The standard InChI is InChI=1S/C24H30N4O/c1-24(2,3)19-10-8-18(9-11-19)22-26-21-7-5-4-6-20(21)23(27-22)25-12-13-28-14-16-29-17-15-28/h4-11H,12-17H2,1-3H3,(H,25,26,27)/p+1. The molecule has 1 fully saturated rings. The van der Waals surface area contributed by atoms with E-state index in [0.717, 1.165) is 67.5 Å². The lowest BCUT2D eigenvalue weighted by molar-refractivity contribution is -0.906. The summed E-state index contributed by atoms with van der Waals surface area (Å²) >= 11 is 0. The Balaban J connectivity index is 1.58. The molecule has 0 aliphatic carbocycles. The first kappa shape index (κ1) is 19.8. The van der Waals surface area contributed by atoms with Gasteiger partial charge in [-0.1, -0.05) is 57.2 Å². The van der Waals surface area contributed by atoms with Crippen molar-refractivity contribution in [3.8, 4) is 11.4 Å². The predicted molar refractivity (Wildman–Crippen MR) is 119 cm³/mol. The Kier molecular flexibility index (Phi) is 5.79. The van der Waals surface area contributed by atoms with E-state index in [-0.39, 0.29) is 5.41 Å². The highest BCUT2D eigenvalue weighted by Crippen LogP contribution is 2.27. The molecule has 1 aromatic heterocycles. The minimum Gasteiger partial charge on any atom is -0.370 e. The van der Waals surface area contributed by atoms with Crippen molar-refractivity contribution in [3.63, 3.8) is 0 Å². The normalized spacial score (nSPS) is 15.6. The number of para-hydroxylation sites is 1. The first-order chi connectivity index (χ1) is 14.0. The summed E-state index contributed by atoms with van der Waals surface area (Å²) in [7, 11) is 0. The number of benzene rings is 2. The molecule has 1 aliphatic rings. The highest BCUT2D eigenvalue weighted by molar-refractivity contribution is 5.90. The number of fused-ring (bicyclic) bond motifs is 1. The van der Waals surface area contributed by atoms with Gasteiger partial charge in [-0.3, -0.25) is 0 Å². The number of quaternary nitrogens is 1. The largest absolute Gasteiger partial charge is 0.370 e. The van der Waals surface area contributed by atoms with Gasteiger partial charge in [-0.15, -0.1) is 0 Å². The van der Waals surface area contributed by atoms with Gasteiger partial charge in [0.2, 0.25) is 0 Å². The van der Waals surface area contributed by atoms with E-state index in [0.29, 0.717) is 0 Å². The average molecular weight is 392 g/mol. The zero-order valence-corrected chi connectivity index (χ0v) is 17.7. The smallest absolute Gasteiger partial charge is 0.162 e. The van der Waals surface area contributed by atoms with Crippen LogP contribution in [0, 0.1) is 0 Å². The maximum absolute atomic E-state index is 5.45. The molecule has 0 unspecified atom stereocenters. The number of hydrogen-bond donors (Lipinski definition) is 2. The molecule has 0 saturated carbocycles. The summed E-state index contributed by atoms with van der Waals surface area (Å²) in [6, 6.07) is 16.9. The Hall–Kier alpha value is -2.50. The molecule has 5 heteroatoms. The van der Waals surface area contributed by atoms with Crippen LogP contribution in [-0.4, -0.2) is 49.4 Å². The number of nitrogens with zero attached hydrogens (tertiary/aromatic N) is 2. The molecule has 0 amide bonds. The molecule has 152 valence electrons. The lowest BCUT2D eigenvalue weighted by Crippen LogP contribution is -3.14. The van der Waals surface area contributed by atoms with Crippen molar-refractivity contribution in [2.75, 3.05) is 44.7 Å². The van der Waals surface area contributed by atoms with Crippen LogP contribution in [0.15, 0.2) is 48.5 Å². The molecule has 2 heterocycles. The van der Waals surface area contributed by atoms with Crippen molar-refractivity contribution in [3.05, 3.63) is 54.1 Å². The number of hydrogen-bond acceptors (Lipinski definition) is 4. The fourth-order valence-corrected chi connectivity index (χ4v) is 3.73. The SMILES string of the molecule is CC(C)(C)c1ccc(-c2nc(NCC[NH+]3CCOCC3)c3ccccc3n2)cc1. The maximum atomic E-state index is 5.45. The molecule has 0 radical (unpaired) electrons. The topological polar surface area (TPSA) is 51.5 Å². The summed E-state index contributed by atoms with van der Waals surface area (Å²) in [5.74, 6) is 1.68. The van der Waals surface area contributed by atoms with Crippen molar-refractivity contribution in [2.24, 2.45) is 0 Å². The average Bonchev–Trinajstić information content (AvgIpc) is 2.74. The van der Waals surface area contributed by atoms with Gasteiger partial charge < -0.3 is 15.0 Å². The summed E-state index contributed by atoms with van der Waals surface area (Å²) in [6.07, 6.45) is 0. The van der Waals surface area contributed by atoms with Crippen LogP contribution in [0.25, 0.3) is 22.3 Å². The van der Waals surface area contributed by atoms with Gasteiger partial charge in [0.05, 0.1) is 31.8 Å². The van der Waals surface area contributed by atoms with E-state index in [9.17, 15) is 0 Å². The number of morpholine rings is 1. The molecule has 3 aromatic rings. The first-order valence-corrected chi connectivity index (χ1v) is 10.5. The molecular weight excluding hydrogens is 360 g/mol. The highest BCUT2D eigenvalue weighted by Gasteiger charge is 2.16. The fourth-order valence-electron chi connectivity index (χ4n) is 3.73. The van der Waals surface area contributed by atoms with Crippen LogP contribution in [0.2, 0.25) is 0 Å². The van der Waals surface area contributed by atoms with Crippen molar-refractivity contribution in [1.82, 2.24) is 9.97 Å². The van der Waals surface area contributed by atoms with Crippen molar-refractivity contribution < 1.29 is 9.64 Å². The Morgan fingerprint density at radius 3 is 2.41 bits per heavy atom. The quantitative estimate of drug-likeness (QED) is 0.702. The van der Waals surface area contributed by atoms with Gasteiger partial charge in [-0.2, -0.15) is 0 Å². The summed E-state index contributed by atoms with van der Waals surface area (Å²) in [4.78, 5) is 11.3. The Morgan fingerprint density at radius 1 is 0.966 bits per heavy atom. The van der Waals surface area contributed by atoms with Gasteiger partial charge in [0.1, 0.15) is 18.9 Å². The number of rotatable bonds is 5. The van der Waals surface area contributed by atoms with E-state index in [2.05, 4.69) is 62.5 Å². The Bertz CT molecular complexity index is 957. The fraction of sp³-hybridized carbons (Fsp3) is 0.417. The Labute approximate surface area is 173 Å². The monoisotopic (exact) mass is 391 g/mol. The van der Waals surface area contributed by atoms with Gasteiger partial charge in [0.25, 0.3) is 0 Å². The number of nitrogens with one attached hydrogen (secondary N) is 2. The zero-order valence-electron chi connectivity index (χ0n) is 17.7. The van der Waals surface area contributed by atoms with Crippen LogP contribution < -0.4 is 10.2 Å². The molecule has 29 heavy (non-hydrogen) atoms. The summed E-state index contributed by atoms with van der Waals surface area (Å²) in [6.45, 7) is 12.5. The van der Waals surface area contributed by atoms with E-state index >= 15 is 0 Å². The second-order valence-electron chi connectivity index (χ2n) is 8.78. The van der Waals surface area contributed by atoms with Crippen LogP contribution in [0.1, 0.15) is 26.3 Å². The summed E-state index contributed by atoms with van der Waals surface area (Å²) in [5.41, 5.74) is 3.47. The molecule has 1 saturated heterocycles. The molecule has 2 N–H and O–H groups in total. The maximum Gasteiger partial charge on any atom is 0.162 e. The lowest BCUT2D eigenvalue weighted by Gasteiger charge is -2.24. The van der Waals surface area contributed by atoms with Gasteiger partial charge in [0, 0.05) is 10.9 Å². The van der Waals surface area contributed by atoms with Crippen LogP contribution in [0.5, 0.6) is 0 Å². The molecule has 0 spiro atoms. The number of anilines is 1. The highest BCUT2D eigenvalue weighted by atomic mass is 16.5. The van der Waals surface area contributed by atoms with E-state index in [1.165, 1.54) is 5.56 Å². The third kappa shape index (κ3) is 4.74. The zero-order chi connectivity index (χ0) is 20.3. The molecule has 1 aliphatic heterocycles. The van der Waals surface area contributed by atoms with E-state index < -0.39 is 0 Å². The summed E-state index contributed by atoms with van der Waals surface area (Å²) in [5, 5.41) is 4.64. The third-order valence-electron chi connectivity index (χ3n) is 5.58. The molecule has 4 rings (SSSR count). The molecule has 0 bridgehead atoms. The van der Waals surface area contributed by atoms with Gasteiger partial charge in [0.15, 0.2) is 5.82 Å². The van der Waals surface area contributed by atoms with Crippen LogP contribution >= 0.6 is 0 Å². The molecule has 0 atom stereocenters. The lowest BCUT2D eigenvalue weighted by atomic mass is 9.87. The second kappa shape index (κ2) is 8.47. The predicted octanol–water partition coefficient (Wildman–Crippen LogP) is 2.92. The Morgan fingerprint density at radius 2 is 1.69 bits per heavy atom. The van der Waals surface area contributed by atoms with E-state index in [4.69, 9.17) is 14.7 Å². The minimum absolute atomic E-state index is 0.136. The third-order valence-corrected chi connectivity index (χ3v) is 5.58. The van der Waals surface area contributed by atoms with E-state index in [1.54, 1.807) is 4.90 Å². The molecular formula is C24H31N4O+. The van der Waals surface area contributed by atoms with Gasteiger partial charge in [-0.05, 0) is 23.1 Å². The van der Waals surface area contributed by atoms with Crippen LogP contribution in [0.4, 0.5) is 5.82 Å². The number of ether oxygens (including phenoxy) is 1. The second-order valence-corrected chi connectivity index (χ2v) is 8.78. The molecule has 2 aromatic carbocycles.